The molecule has 13 heteroatoms. The number of carbonyl (C=O) groups is 3. The molecule has 0 radical (unpaired) electrons. The number of benzene rings is 3. The fourth-order valence-corrected chi connectivity index (χ4v) is 5.03. The fraction of sp³-hybridized carbons (Fsp3) is 0.289. The molecule has 1 aromatic heterocycles. The first-order chi connectivity index (χ1) is 24.5. The highest BCUT2D eigenvalue weighted by Gasteiger charge is 2.34. The van der Waals surface area contributed by atoms with Crippen molar-refractivity contribution in [1.29, 1.82) is 5.41 Å². The van der Waals surface area contributed by atoms with Crippen molar-refractivity contribution in [2.75, 3.05) is 29.9 Å². The third kappa shape index (κ3) is 12.0. The molecule has 0 saturated heterocycles. The molecule has 0 aliphatic rings. The Bertz CT molecular complexity index is 1770. The van der Waals surface area contributed by atoms with Crippen LogP contribution in [-0.4, -0.2) is 48.5 Å². The number of alkyl carbamates (subject to hydrolysis) is 1. The molecule has 10 nitrogen and oxygen atoms in total. The quantitative estimate of drug-likeness (QED) is 0.0354. The van der Waals surface area contributed by atoms with E-state index in [1.165, 1.54) is 23.2 Å². The van der Waals surface area contributed by atoms with Crippen molar-refractivity contribution < 1.29 is 37.0 Å². The van der Waals surface area contributed by atoms with Crippen LogP contribution in [0.15, 0.2) is 97.2 Å². The normalized spacial score (nSPS) is 11.0. The molecule has 2 amide bonds. The topological polar surface area (TPSA) is 134 Å². The standard InChI is InChI=1S/C38H40F3N5O5/c1-2-3-4-9-25-50-37(49)45-35(42)28-16-18-30(19-17-28)43-23-20-27-11-10-12-29(26-27)36(48)46(33-15-7-8-22-44-33)24-21-34(47)51-32-14-6-5-13-31(32)38(39,40)41/h5-8,10-19,22,26,43H,2-4,9,20-21,23-25H2,1H3,(H2,42,45,49). The van der Waals surface area contributed by atoms with Gasteiger partial charge in [0.05, 0.1) is 18.6 Å². The van der Waals surface area contributed by atoms with E-state index in [0.717, 1.165) is 49.1 Å². The molecule has 0 saturated carbocycles. The molecule has 0 fully saturated rings. The zero-order chi connectivity index (χ0) is 36.6. The molecule has 4 rings (SSSR count). The minimum absolute atomic E-state index is 0.0648. The Hall–Kier alpha value is -5.72. The van der Waals surface area contributed by atoms with E-state index in [9.17, 15) is 27.6 Å². The Kier molecular flexibility index (Phi) is 14.1. The maximum Gasteiger partial charge on any atom is 0.419 e. The van der Waals surface area contributed by atoms with Crippen LogP contribution in [0.2, 0.25) is 0 Å². The van der Waals surface area contributed by atoms with E-state index in [2.05, 4.69) is 22.5 Å². The third-order valence-corrected chi connectivity index (χ3v) is 7.68. The van der Waals surface area contributed by atoms with Crippen LogP contribution in [0.1, 0.15) is 66.1 Å². The lowest BCUT2D eigenvalue weighted by molar-refractivity contribution is -0.142. The Labute approximate surface area is 294 Å². The second kappa shape index (κ2) is 18.9. The van der Waals surface area contributed by atoms with Gasteiger partial charge >= 0.3 is 18.2 Å². The highest BCUT2D eigenvalue weighted by molar-refractivity contribution is 6.06. The number of ether oxygens (including phenoxy) is 2. The number of rotatable bonds is 16. The number of unbranched alkanes of at least 4 members (excludes halogenated alkanes) is 3. The van der Waals surface area contributed by atoms with Gasteiger partial charge in [0.25, 0.3) is 5.91 Å². The van der Waals surface area contributed by atoms with E-state index in [4.69, 9.17) is 14.9 Å². The first-order valence-electron chi connectivity index (χ1n) is 16.6. The summed E-state index contributed by atoms with van der Waals surface area (Å²) in [6.07, 6.45) is 0.251. The van der Waals surface area contributed by atoms with Crippen molar-refractivity contribution in [3.63, 3.8) is 0 Å². The van der Waals surface area contributed by atoms with Gasteiger partial charge in [0.1, 0.15) is 17.4 Å². The van der Waals surface area contributed by atoms with Crippen LogP contribution >= 0.6 is 0 Å². The van der Waals surface area contributed by atoms with Crippen LogP contribution < -0.4 is 20.3 Å². The lowest BCUT2D eigenvalue weighted by Gasteiger charge is -2.22. The van der Waals surface area contributed by atoms with Gasteiger partial charge in [-0.15, -0.1) is 0 Å². The van der Waals surface area contributed by atoms with Gasteiger partial charge in [0.2, 0.25) is 0 Å². The van der Waals surface area contributed by atoms with Gasteiger partial charge in [-0.3, -0.25) is 25.2 Å². The molecule has 4 aromatic rings. The van der Waals surface area contributed by atoms with E-state index in [1.807, 2.05) is 6.07 Å². The molecule has 1 heterocycles. The zero-order valence-electron chi connectivity index (χ0n) is 28.2. The molecule has 0 atom stereocenters. The lowest BCUT2D eigenvalue weighted by atomic mass is 10.1. The Morgan fingerprint density at radius 1 is 0.882 bits per heavy atom. The van der Waals surface area contributed by atoms with Gasteiger partial charge in [-0.05, 0) is 79.1 Å². The number of hydrogen-bond acceptors (Lipinski definition) is 8. The summed E-state index contributed by atoms with van der Waals surface area (Å²) >= 11 is 0. The first-order valence-corrected chi connectivity index (χ1v) is 16.6. The number of aromatic nitrogens is 1. The monoisotopic (exact) mass is 703 g/mol. The van der Waals surface area contributed by atoms with Crippen LogP contribution in [-0.2, 0) is 22.1 Å². The molecule has 3 N–H and O–H groups in total. The van der Waals surface area contributed by atoms with Gasteiger partial charge in [0, 0.05) is 36.1 Å². The van der Waals surface area contributed by atoms with Crippen molar-refractivity contribution in [3.05, 3.63) is 119 Å². The maximum absolute atomic E-state index is 13.7. The number of pyridine rings is 1. The number of halogens is 3. The number of esters is 1. The summed E-state index contributed by atoms with van der Waals surface area (Å²) in [7, 11) is 0. The predicted molar refractivity (Wildman–Crippen MR) is 188 cm³/mol. The van der Waals surface area contributed by atoms with Gasteiger partial charge in [0.15, 0.2) is 0 Å². The maximum atomic E-state index is 13.7. The summed E-state index contributed by atoms with van der Waals surface area (Å²) in [5, 5.41) is 13.9. The first kappa shape index (κ1) is 38.1. The SMILES string of the molecule is CCCCCCOC(=O)NC(=N)c1ccc(NCCc2cccc(C(=O)N(CCC(=O)Oc3ccccc3C(F)(F)F)c3ccccn3)c2)cc1. The molecule has 51 heavy (non-hydrogen) atoms. The van der Waals surface area contributed by atoms with E-state index in [-0.39, 0.29) is 24.6 Å². The number of amides is 2. The molecule has 0 unspecified atom stereocenters. The fourth-order valence-electron chi connectivity index (χ4n) is 5.03. The smallest absolute Gasteiger partial charge is 0.419 e. The summed E-state index contributed by atoms with van der Waals surface area (Å²) in [6.45, 7) is 2.75. The van der Waals surface area contributed by atoms with E-state index in [1.54, 1.807) is 60.7 Å². The molecule has 268 valence electrons. The third-order valence-electron chi connectivity index (χ3n) is 7.68. The number of nitrogens with zero attached hydrogens (tertiary/aromatic N) is 2. The molecule has 3 aromatic carbocycles. The molecule has 0 spiro atoms. The number of carbonyl (C=O) groups excluding carboxylic acids is 3. The minimum Gasteiger partial charge on any atom is -0.449 e. The molecular weight excluding hydrogens is 663 g/mol. The summed E-state index contributed by atoms with van der Waals surface area (Å²) in [6, 6.07) is 23.4. The lowest BCUT2D eigenvalue weighted by Crippen LogP contribution is -2.34. The van der Waals surface area contributed by atoms with Crippen molar-refractivity contribution in [1.82, 2.24) is 10.3 Å². The average Bonchev–Trinajstić information content (AvgIpc) is 3.12. The van der Waals surface area contributed by atoms with E-state index < -0.39 is 35.5 Å². The average molecular weight is 704 g/mol. The van der Waals surface area contributed by atoms with Gasteiger partial charge in [-0.2, -0.15) is 13.2 Å². The summed E-state index contributed by atoms with van der Waals surface area (Å²) < 4.78 is 50.3. The number of alkyl halides is 3. The minimum atomic E-state index is -4.70. The highest BCUT2D eigenvalue weighted by atomic mass is 19.4. The summed E-state index contributed by atoms with van der Waals surface area (Å²) in [5.74, 6) is -1.78. The summed E-state index contributed by atoms with van der Waals surface area (Å²) in [5.41, 5.74) is 1.44. The predicted octanol–water partition coefficient (Wildman–Crippen LogP) is 8.03. The van der Waals surface area contributed by atoms with E-state index in [0.29, 0.717) is 30.7 Å². The number of anilines is 2. The van der Waals surface area contributed by atoms with Crippen molar-refractivity contribution >= 4 is 35.3 Å². The van der Waals surface area contributed by atoms with Gasteiger partial charge in [-0.25, -0.2) is 9.78 Å². The molecular formula is C38H40F3N5O5. The Morgan fingerprint density at radius 3 is 2.37 bits per heavy atom. The van der Waals surface area contributed by atoms with Gasteiger partial charge in [-0.1, -0.05) is 56.5 Å². The highest BCUT2D eigenvalue weighted by Crippen LogP contribution is 2.36. The summed E-state index contributed by atoms with van der Waals surface area (Å²) in [4.78, 5) is 43.9. The van der Waals surface area contributed by atoms with Crippen LogP contribution in [0.5, 0.6) is 5.75 Å². The van der Waals surface area contributed by atoms with Crippen LogP contribution in [0.4, 0.5) is 29.5 Å². The zero-order valence-corrected chi connectivity index (χ0v) is 28.2. The number of amidine groups is 1. The number of nitrogens with one attached hydrogen (secondary N) is 3. The molecule has 0 bridgehead atoms. The Morgan fingerprint density at radius 2 is 1.65 bits per heavy atom. The Balaban J connectivity index is 1.32. The largest absolute Gasteiger partial charge is 0.449 e. The van der Waals surface area contributed by atoms with Gasteiger partial charge < -0.3 is 14.8 Å². The van der Waals surface area contributed by atoms with Crippen LogP contribution in [0.3, 0.4) is 0 Å². The van der Waals surface area contributed by atoms with Crippen molar-refractivity contribution in [2.45, 2.75) is 51.6 Å². The van der Waals surface area contributed by atoms with Crippen molar-refractivity contribution in [3.8, 4) is 5.75 Å². The number of hydrogen-bond donors (Lipinski definition) is 3. The number of para-hydroxylation sites is 1. The van der Waals surface area contributed by atoms with Crippen LogP contribution in [0, 0.1) is 5.41 Å². The van der Waals surface area contributed by atoms with Crippen molar-refractivity contribution in [2.24, 2.45) is 0 Å². The molecule has 0 aliphatic carbocycles. The second-order valence-corrected chi connectivity index (χ2v) is 11.5. The van der Waals surface area contributed by atoms with Crippen LogP contribution in [0.25, 0.3) is 0 Å². The second-order valence-electron chi connectivity index (χ2n) is 11.5. The van der Waals surface area contributed by atoms with E-state index >= 15 is 0 Å². The molecule has 0 aliphatic heterocycles.